The molecule has 0 spiro atoms. The molecule has 26 heavy (non-hydrogen) atoms. The fraction of sp³-hybridized carbons (Fsp3) is 0.409. The van der Waals surface area contributed by atoms with Gasteiger partial charge in [-0.3, -0.25) is 9.69 Å². The summed E-state index contributed by atoms with van der Waals surface area (Å²) in [7, 11) is 0. The van der Waals surface area contributed by atoms with E-state index in [2.05, 4.69) is 53.5 Å². The van der Waals surface area contributed by atoms with E-state index in [1.165, 1.54) is 22.6 Å². The van der Waals surface area contributed by atoms with E-state index in [9.17, 15) is 4.79 Å². The Hall–Kier alpha value is -1.78. The lowest BCUT2D eigenvalue weighted by molar-refractivity contribution is 0.0938. The van der Waals surface area contributed by atoms with Crippen LogP contribution in [0.25, 0.3) is 0 Å². The van der Waals surface area contributed by atoms with E-state index < -0.39 is 0 Å². The van der Waals surface area contributed by atoms with Crippen molar-refractivity contribution in [3.63, 3.8) is 0 Å². The second-order valence-electron chi connectivity index (χ2n) is 6.98. The van der Waals surface area contributed by atoms with Crippen LogP contribution in [0, 0.1) is 0 Å². The zero-order chi connectivity index (χ0) is 18.2. The Bertz CT molecular complexity index is 681. The Labute approximate surface area is 161 Å². The Morgan fingerprint density at radius 2 is 1.73 bits per heavy atom. The average Bonchev–Trinajstić information content (AvgIpc) is 2.68. The van der Waals surface area contributed by atoms with Gasteiger partial charge in [-0.2, -0.15) is 11.8 Å². The van der Waals surface area contributed by atoms with E-state index in [0.717, 1.165) is 38.0 Å². The number of benzene rings is 2. The molecule has 0 aromatic heterocycles. The van der Waals surface area contributed by atoms with Gasteiger partial charge in [-0.05, 0) is 43.0 Å². The van der Waals surface area contributed by atoms with Crippen LogP contribution >= 0.6 is 11.8 Å². The predicted octanol–water partition coefficient (Wildman–Crippen LogP) is 3.99. The normalized spacial score (nSPS) is 16.2. The summed E-state index contributed by atoms with van der Waals surface area (Å²) in [6.45, 7) is 5.37. The van der Waals surface area contributed by atoms with Crippen molar-refractivity contribution in [2.24, 2.45) is 0 Å². The topological polar surface area (TPSA) is 32.3 Å². The monoisotopic (exact) mass is 368 g/mol. The van der Waals surface area contributed by atoms with Crippen LogP contribution in [0.2, 0.25) is 0 Å². The lowest BCUT2D eigenvalue weighted by Crippen LogP contribution is -2.33. The third-order valence-corrected chi connectivity index (χ3v) is 5.75. The molecule has 2 aromatic carbocycles. The SMILES string of the molecule is CC(CCc1ccccc1)NC(=O)c1ccc(CN2CCSCC2)cc1. The highest BCUT2D eigenvalue weighted by Crippen LogP contribution is 2.14. The Morgan fingerprint density at radius 3 is 2.42 bits per heavy atom. The molecule has 3 rings (SSSR count). The molecule has 0 saturated carbocycles. The largest absolute Gasteiger partial charge is 0.350 e. The van der Waals surface area contributed by atoms with Crippen molar-refractivity contribution in [3.8, 4) is 0 Å². The van der Waals surface area contributed by atoms with Gasteiger partial charge in [-0.1, -0.05) is 42.5 Å². The molecule has 1 unspecified atom stereocenters. The van der Waals surface area contributed by atoms with Crippen molar-refractivity contribution >= 4 is 17.7 Å². The Balaban J connectivity index is 1.46. The minimum Gasteiger partial charge on any atom is -0.350 e. The minimum atomic E-state index is 0.0199. The number of carbonyl (C=O) groups is 1. The van der Waals surface area contributed by atoms with Crippen LogP contribution in [0.5, 0.6) is 0 Å². The number of rotatable bonds is 7. The highest BCUT2D eigenvalue weighted by Gasteiger charge is 2.12. The first-order valence-electron chi connectivity index (χ1n) is 9.44. The summed E-state index contributed by atoms with van der Waals surface area (Å²) in [4.78, 5) is 14.9. The summed E-state index contributed by atoms with van der Waals surface area (Å²) in [6, 6.07) is 18.7. The third kappa shape index (κ3) is 5.89. The molecule has 4 heteroatoms. The molecule has 1 atom stereocenters. The number of amides is 1. The number of carbonyl (C=O) groups excluding carboxylic acids is 1. The molecule has 1 heterocycles. The summed E-state index contributed by atoms with van der Waals surface area (Å²) in [5.74, 6) is 2.47. The molecule has 1 aliphatic rings. The number of aryl methyl sites for hydroxylation is 1. The second kappa shape index (κ2) is 9.79. The quantitative estimate of drug-likeness (QED) is 0.802. The molecule has 1 saturated heterocycles. The van der Waals surface area contributed by atoms with Crippen LogP contribution in [0.1, 0.15) is 34.8 Å². The number of nitrogens with zero attached hydrogens (tertiary/aromatic N) is 1. The van der Waals surface area contributed by atoms with Crippen molar-refractivity contribution in [1.29, 1.82) is 0 Å². The van der Waals surface area contributed by atoms with Gasteiger partial charge in [-0.25, -0.2) is 0 Å². The highest BCUT2D eigenvalue weighted by molar-refractivity contribution is 7.99. The van der Waals surface area contributed by atoms with Crippen LogP contribution in [0.3, 0.4) is 0 Å². The summed E-state index contributed by atoms with van der Waals surface area (Å²) >= 11 is 2.03. The van der Waals surface area contributed by atoms with Crippen molar-refractivity contribution in [1.82, 2.24) is 10.2 Å². The van der Waals surface area contributed by atoms with Gasteiger partial charge in [0.15, 0.2) is 0 Å². The molecule has 3 nitrogen and oxygen atoms in total. The Kier molecular flexibility index (Phi) is 7.15. The first kappa shape index (κ1) is 19.0. The number of hydrogen-bond donors (Lipinski definition) is 1. The van der Waals surface area contributed by atoms with Gasteiger partial charge in [0.1, 0.15) is 0 Å². The predicted molar refractivity (Wildman–Crippen MR) is 111 cm³/mol. The van der Waals surface area contributed by atoms with E-state index in [0.29, 0.717) is 0 Å². The van der Waals surface area contributed by atoms with Crippen LogP contribution in [0.4, 0.5) is 0 Å². The van der Waals surface area contributed by atoms with Crippen LogP contribution in [0.15, 0.2) is 54.6 Å². The van der Waals surface area contributed by atoms with Crippen LogP contribution in [-0.4, -0.2) is 41.4 Å². The standard InChI is InChI=1S/C22H28N2OS/c1-18(7-8-19-5-3-2-4-6-19)23-22(25)21-11-9-20(10-12-21)17-24-13-15-26-16-14-24/h2-6,9-12,18H,7-8,13-17H2,1H3,(H,23,25). The molecular formula is C22H28N2OS. The number of nitrogens with one attached hydrogen (secondary N) is 1. The first-order chi connectivity index (χ1) is 12.7. The van der Waals surface area contributed by atoms with E-state index in [1.54, 1.807) is 0 Å². The molecule has 0 radical (unpaired) electrons. The maximum atomic E-state index is 12.4. The summed E-state index contributed by atoms with van der Waals surface area (Å²) in [5, 5.41) is 3.12. The lowest BCUT2D eigenvalue weighted by atomic mass is 10.1. The fourth-order valence-corrected chi connectivity index (χ4v) is 4.16. The lowest BCUT2D eigenvalue weighted by Gasteiger charge is -2.26. The van der Waals surface area contributed by atoms with Gasteiger partial charge in [0, 0.05) is 42.7 Å². The number of thioether (sulfide) groups is 1. The smallest absolute Gasteiger partial charge is 0.251 e. The molecular weight excluding hydrogens is 340 g/mol. The van der Waals surface area contributed by atoms with Crippen molar-refractivity contribution in [3.05, 3.63) is 71.3 Å². The van der Waals surface area contributed by atoms with E-state index in [-0.39, 0.29) is 11.9 Å². The maximum Gasteiger partial charge on any atom is 0.251 e. The van der Waals surface area contributed by atoms with Gasteiger partial charge in [0.25, 0.3) is 5.91 Å². The van der Waals surface area contributed by atoms with Gasteiger partial charge in [-0.15, -0.1) is 0 Å². The van der Waals surface area contributed by atoms with E-state index in [1.807, 2.05) is 30.0 Å². The van der Waals surface area contributed by atoms with Gasteiger partial charge >= 0.3 is 0 Å². The highest BCUT2D eigenvalue weighted by atomic mass is 32.2. The second-order valence-corrected chi connectivity index (χ2v) is 8.21. The van der Waals surface area contributed by atoms with Crippen LogP contribution < -0.4 is 5.32 Å². The van der Waals surface area contributed by atoms with Gasteiger partial charge in [0.05, 0.1) is 0 Å². The average molecular weight is 369 g/mol. The van der Waals surface area contributed by atoms with E-state index >= 15 is 0 Å². The summed E-state index contributed by atoms with van der Waals surface area (Å²) < 4.78 is 0. The third-order valence-electron chi connectivity index (χ3n) is 4.81. The van der Waals surface area contributed by atoms with Crippen molar-refractivity contribution < 1.29 is 4.79 Å². The molecule has 1 fully saturated rings. The molecule has 1 aliphatic heterocycles. The summed E-state index contributed by atoms with van der Waals surface area (Å²) in [5.41, 5.74) is 3.34. The Morgan fingerprint density at radius 1 is 1.04 bits per heavy atom. The first-order valence-corrected chi connectivity index (χ1v) is 10.6. The molecule has 0 bridgehead atoms. The summed E-state index contributed by atoms with van der Waals surface area (Å²) in [6.07, 6.45) is 1.93. The maximum absolute atomic E-state index is 12.4. The molecule has 1 N–H and O–H groups in total. The zero-order valence-corrected chi connectivity index (χ0v) is 16.3. The molecule has 2 aromatic rings. The molecule has 1 amide bonds. The minimum absolute atomic E-state index is 0.0199. The number of hydrogen-bond acceptors (Lipinski definition) is 3. The fourth-order valence-electron chi connectivity index (χ4n) is 3.19. The van der Waals surface area contributed by atoms with Crippen molar-refractivity contribution in [2.75, 3.05) is 24.6 Å². The van der Waals surface area contributed by atoms with E-state index in [4.69, 9.17) is 0 Å². The zero-order valence-electron chi connectivity index (χ0n) is 15.5. The van der Waals surface area contributed by atoms with Gasteiger partial charge in [0.2, 0.25) is 0 Å². The van der Waals surface area contributed by atoms with Gasteiger partial charge < -0.3 is 5.32 Å². The molecule has 0 aliphatic carbocycles. The van der Waals surface area contributed by atoms with Crippen LogP contribution in [-0.2, 0) is 13.0 Å². The van der Waals surface area contributed by atoms with Crippen molar-refractivity contribution in [2.45, 2.75) is 32.4 Å². The molecule has 138 valence electrons.